The van der Waals surface area contributed by atoms with Gasteiger partial charge in [0.25, 0.3) is 0 Å². The number of nitrogens with zero attached hydrogens (tertiary/aromatic N) is 3. The molecule has 8 heteroatoms. The van der Waals surface area contributed by atoms with E-state index in [9.17, 15) is 4.79 Å². The van der Waals surface area contributed by atoms with Crippen molar-refractivity contribution in [1.29, 1.82) is 0 Å². The quantitative estimate of drug-likeness (QED) is 0.468. The van der Waals surface area contributed by atoms with Gasteiger partial charge in [-0.2, -0.15) is 0 Å². The monoisotopic (exact) mass is 464 g/mol. The van der Waals surface area contributed by atoms with Gasteiger partial charge in [-0.25, -0.2) is 9.78 Å². The first-order chi connectivity index (χ1) is 16.6. The largest absolute Gasteiger partial charge is 0.493 e. The zero-order valence-electron chi connectivity index (χ0n) is 19.9. The molecule has 180 valence electrons. The third-order valence-electron chi connectivity index (χ3n) is 6.71. The molecular weight excluding hydrogens is 432 g/mol. The van der Waals surface area contributed by atoms with Crippen LogP contribution in [-0.2, 0) is 11.3 Å². The number of aromatic amines is 1. The second-order valence-corrected chi connectivity index (χ2v) is 9.32. The average molecular weight is 465 g/mol. The van der Waals surface area contributed by atoms with E-state index in [2.05, 4.69) is 16.9 Å². The number of H-pyrrole nitrogens is 1. The molecule has 3 aromatic rings. The molecule has 0 atom stereocenters. The summed E-state index contributed by atoms with van der Waals surface area (Å²) in [6, 6.07) is 9.73. The topological polar surface area (TPSA) is 79.9 Å². The summed E-state index contributed by atoms with van der Waals surface area (Å²) in [6.07, 6.45) is 6.91. The lowest BCUT2D eigenvalue weighted by atomic mass is 9.82. The second-order valence-electron chi connectivity index (χ2n) is 9.32. The van der Waals surface area contributed by atoms with Crippen molar-refractivity contribution in [2.45, 2.75) is 32.7 Å². The molecule has 2 fully saturated rings. The normalized spacial score (nSPS) is 17.3. The van der Waals surface area contributed by atoms with Crippen LogP contribution in [-0.4, -0.2) is 60.9 Å². The van der Waals surface area contributed by atoms with E-state index in [0.717, 1.165) is 41.5 Å². The maximum Gasteiger partial charge on any atom is 0.324 e. The predicted molar refractivity (Wildman–Crippen MR) is 131 cm³/mol. The van der Waals surface area contributed by atoms with Crippen LogP contribution in [0.3, 0.4) is 0 Å². The van der Waals surface area contributed by atoms with Gasteiger partial charge in [-0.3, -0.25) is 4.90 Å². The standard InChI is InChI=1S/C26H32N4O4/c1-3-4-5-12-34-23-13-20(6-7-22(23)32-2)30-16-26(17-33-18-26)15-29(25(30)31)14-19-8-10-27-24-21(19)9-11-28-24/h6-11,13H,3-5,12,14-18H2,1-2H3,(H,27,28). The van der Waals surface area contributed by atoms with Crippen LogP contribution < -0.4 is 14.4 Å². The molecule has 2 aliphatic rings. The number of urea groups is 1. The van der Waals surface area contributed by atoms with E-state index in [-0.39, 0.29) is 11.4 Å². The molecule has 2 saturated heterocycles. The molecule has 2 amide bonds. The first kappa shape index (κ1) is 22.5. The van der Waals surface area contributed by atoms with Gasteiger partial charge in [0.1, 0.15) is 5.65 Å². The van der Waals surface area contributed by atoms with Crippen LogP contribution in [0.5, 0.6) is 11.5 Å². The highest BCUT2D eigenvalue weighted by molar-refractivity contribution is 5.94. The van der Waals surface area contributed by atoms with Crippen LogP contribution in [0, 0.1) is 5.41 Å². The number of hydrogen-bond acceptors (Lipinski definition) is 5. The fourth-order valence-electron chi connectivity index (χ4n) is 4.84. The highest BCUT2D eigenvalue weighted by Crippen LogP contribution is 2.39. The zero-order chi connectivity index (χ0) is 23.5. The van der Waals surface area contributed by atoms with Crippen LogP contribution in [0.1, 0.15) is 31.7 Å². The predicted octanol–water partition coefficient (Wildman–Crippen LogP) is 4.60. The molecule has 0 radical (unpaired) electrons. The van der Waals surface area contributed by atoms with Crippen molar-refractivity contribution < 1.29 is 19.0 Å². The van der Waals surface area contributed by atoms with E-state index >= 15 is 0 Å². The number of amides is 2. The summed E-state index contributed by atoms with van der Waals surface area (Å²) in [7, 11) is 1.64. The Kier molecular flexibility index (Phi) is 6.32. The number of unbranched alkanes of at least 4 members (excludes halogenated alkanes) is 2. The summed E-state index contributed by atoms with van der Waals surface area (Å²) in [5, 5.41) is 1.04. The number of ether oxygens (including phenoxy) is 3. The highest BCUT2D eigenvalue weighted by Gasteiger charge is 2.48. The van der Waals surface area contributed by atoms with Crippen LogP contribution in [0.4, 0.5) is 10.5 Å². The number of benzene rings is 1. The molecule has 5 rings (SSSR count). The van der Waals surface area contributed by atoms with Gasteiger partial charge >= 0.3 is 6.03 Å². The maximum atomic E-state index is 13.7. The van der Waals surface area contributed by atoms with Gasteiger partial charge in [-0.05, 0) is 36.2 Å². The van der Waals surface area contributed by atoms with Gasteiger partial charge in [0.15, 0.2) is 11.5 Å². The molecule has 1 spiro atoms. The van der Waals surface area contributed by atoms with Crippen molar-refractivity contribution in [3.63, 3.8) is 0 Å². The summed E-state index contributed by atoms with van der Waals surface area (Å²) in [5.41, 5.74) is 2.65. The summed E-state index contributed by atoms with van der Waals surface area (Å²) in [6.45, 7) is 5.92. The maximum absolute atomic E-state index is 13.7. The van der Waals surface area contributed by atoms with Gasteiger partial charge in [0.05, 0.1) is 32.3 Å². The Bertz CT molecular complexity index is 1160. The molecule has 0 unspecified atom stereocenters. The Morgan fingerprint density at radius 3 is 2.79 bits per heavy atom. The Morgan fingerprint density at radius 1 is 1.15 bits per heavy atom. The van der Waals surface area contributed by atoms with Gasteiger partial charge in [0.2, 0.25) is 0 Å². The number of pyridine rings is 1. The van der Waals surface area contributed by atoms with E-state index in [1.165, 1.54) is 0 Å². The van der Waals surface area contributed by atoms with Crippen molar-refractivity contribution in [2.24, 2.45) is 5.41 Å². The summed E-state index contributed by atoms with van der Waals surface area (Å²) >= 11 is 0. The number of carbonyl (C=O) groups excluding carboxylic acids is 1. The lowest BCUT2D eigenvalue weighted by Crippen LogP contribution is -2.65. The Morgan fingerprint density at radius 2 is 2.03 bits per heavy atom. The molecular formula is C26H32N4O4. The number of carbonyl (C=O) groups is 1. The molecule has 2 aromatic heterocycles. The van der Waals surface area contributed by atoms with E-state index < -0.39 is 0 Å². The van der Waals surface area contributed by atoms with E-state index in [1.807, 2.05) is 46.3 Å². The number of aromatic nitrogens is 2. The first-order valence-electron chi connectivity index (χ1n) is 12.0. The van der Waals surface area contributed by atoms with Crippen LogP contribution in [0.15, 0.2) is 42.7 Å². The Hall–Kier alpha value is -3.26. The van der Waals surface area contributed by atoms with Crippen molar-refractivity contribution in [2.75, 3.05) is 44.9 Å². The Labute approximate surface area is 199 Å². The minimum Gasteiger partial charge on any atom is -0.493 e. The summed E-state index contributed by atoms with van der Waals surface area (Å²) in [5.74, 6) is 1.35. The van der Waals surface area contributed by atoms with E-state index in [0.29, 0.717) is 51.0 Å². The van der Waals surface area contributed by atoms with E-state index in [4.69, 9.17) is 14.2 Å². The zero-order valence-corrected chi connectivity index (χ0v) is 19.9. The third kappa shape index (κ3) is 4.30. The molecule has 0 bridgehead atoms. The van der Waals surface area contributed by atoms with Crippen LogP contribution >= 0.6 is 0 Å². The molecule has 0 aliphatic carbocycles. The number of nitrogens with one attached hydrogen (secondary N) is 1. The number of hydrogen-bond donors (Lipinski definition) is 1. The van der Waals surface area contributed by atoms with Crippen LogP contribution in [0.25, 0.3) is 11.0 Å². The fourth-order valence-corrected chi connectivity index (χ4v) is 4.84. The third-order valence-corrected chi connectivity index (χ3v) is 6.71. The number of methoxy groups -OCH3 is 1. The Balaban J connectivity index is 1.41. The van der Waals surface area contributed by atoms with Crippen molar-refractivity contribution in [1.82, 2.24) is 14.9 Å². The average Bonchev–Trinajstić information content (AvgIpc) is 3.32. The van der Waals surface area contributed by atoms with Gasteiger partial charge in [0, 0.05) is 49.2 Å². The minimum absolute atomic E-state index is 0.0138. The van der Waals surface area contributed by atoms with Crippen molar-refractivity contribution in [3.05, 3.63) is 48.3 Å². The number of rotatable bonds is 9. The molecule has 34 heavy (non-hydrogen) atoms. The lowest BCUT2D eigenvalue weighted by molar-refractivity contribution is -0.122. The van der Waals surface area contributed by atoms with Crippen LogP contribution in [0.2, 0.25) is 0 Å². The number of anilines is 1. The smallest absolute Gasteiger partial charge is 0.324 e. The molecule has 2 aliphatic heterocycles. The van der Waals surface area contributed by atoms with Crippen molar-refractivity contribution in [3.8, 4) is 11.5 Å². The second kappa shape index (κ2) is 9.54. The SMILES string of the molecule is CCCCCOc1cc(N2CC3(COC3)CN(Cc3ccnc4[nH]ccc34)C2=O)ccc1OC. The van der Waals surface area contributed by atoms with Gasteiger partial charge in [-0.1, -0.05) is 19.8 Å². The van der Waals surface area contributed by atoms with Crippen molar-refractivity contribution >= 4 is 22.8 Å². The molecule has 4 heterocycles. The lowest BCUT2D eigenvalue weighted by Gasteiger charge is -2.51. The minimum atomic E-state index is -0.0692. The first-order valence-corrected chi connectivity index (χ1v) is 12.0. The summed E-state index contributed by atoms with van der Waals surface area (Å²) in [4.78, 5) is 25.0. The molecule has 1 N–H and O–H groups in total. The summed E-state index contributed by atoms with van der Waals surface area (Å²) < 4.78 is 17.2. The highest BCUT2D eigenvalue weighted by atomic mass is 16.5. The molecule has 1 aromatic carbocycles. The van der Waals surface area contributed by atoms with Gasteiger partial charge in [-0.15, -0.1) is 0 Å². The van der Waals surface area contributed by atoms with Gasteiger partial charge < -0.3 is 24.1 Å². The molecule has 8 nitrogen and oxygen atoms in total. The van der Waals surface area contributed by atoms with E-state index in [1.54, 1.807) is 13.3 Å². The molecule has 0 saturated carbocycles. The number of fused-ring (bicyclic) bond motifs is 1. The fraction of sp³-hybridized carbons (Fsp3) is 0.462.